The summed E-state index contributed by atoms with van der Waals surface area (Å²) in [5.74, 6) is 0.474. The minimum atomic E-state index is -0.118. The second kappa shape index (κ2) is 7.80. The Morgan fingerprint density at radius 2 is 1.86 bits per heavy atom. The lowest BCUT2D eigenvalue weighted by Gasteiger charge is -2.11. The van der Waals surface area contributed by atoms with Gasteiger partial charge in [-0.3, -0.25) is 4.79 Å². The van der Waals surface area contributed by atoms with Crippen LogP contribution in [0.25, 0.3) is 10.8 Å². The van der Waals surface area contributed by atoms with E-state index in [0.29, 0.717) is 24.5 Å². The van der Waals surface area contributed by atoms with Gasteiger partial charge in [-0.15, -0.1) is 0 Å². The molecule has 0 spiro atoms. The molecule has 0 aliphatic rings. The highest BCUT2D eigenvalue weighted by molar-refractivity contribution is 6.01. The summed E-state index contributed by atoms with van der Waals surface area (Å²) in [6.07, 6.45) is 1.01. The first kappa shape index (κ1) is 16.3. The quantitative estimate of drug-likeness (QED) is 0.797. The Morgan fingerprint density at radius 3 is 2.50 bits per heavy atom. The number of hydrogen-bond donors (Lipinski definition) is 1. The van der Waals surface area contributed by atoms with E-state index in [1.807, 2.05) is 50.2 Å². The number of hydrogen-bond acceptors (Lipinski definition) is 3. The van der Waals surface area contributed by atoms with E-state index < -0.39 is 0 Å². The van der Waals surface area contributed by atoms with Crippen molar-refractivity contribution in [2.45, 2.75) is 26.4 Å². The molecule has 118 valence electrons. The molecule has 2 aromatic rings. The van der Waals surface area contributed by atoms with E-state index in [4.69, 9.17) is 9.47 Å². The van der Waals surface area contributed by atoms with E-state index in [-0.39, 0.29) is 12.0 Å². The van der Waals surface area contributed by atoms with Gasteiger partial charge in [-0.2, -0.15) is 0 Å². The zero-order valence-corrected chi connectivity index (χ0v) is 13.4. The highest BCUT2D eigenvalue weighted by atomic mass is 16.5. The topological polar surface area (TPSA) is 47.6 Å². The molecular formula is C18H23NO3. The number of benzene rings is 2. The number of nitrogens with one attached hydrogen (secondary N) is 1. The predicted molar refractivity (Wildman–Crippen MR) is 88.5 cm³/mol. The molecule has 1 amide bonds. The maximum atomic E-state index is 12.3. The third-order valence-corrected chi connectivity index (χ3v) is 3.37. The van der Waals surface area contributed by atoms with Crippen LogP contribution in [0.2, 0.25) is 0 Å². The average molecular weight is 301 g/mol. The van der Waals surface area contributed by atoms with E-state index in [2.05, 4.69) is 5.32 Å². The van der Waals surface area contributed by atoms with Gasteiger partial charge < -0.3 is 14.8 Å². The molecule has 2 rings (SSSR count). The molecule has 0 aliphatic carbocycles. The van der Waals surface area contributed by atoms with Crippen LogP contribution in [0.3, 0.4) is 0 Å². The van der Waals surface area contributed by atoms with Gasteiger partial charge in [-0.05, 0) is 43.2 Å². The number of fused-ring (bicyclic) bond motifs is 1. The molecule has 0 saturated heterocycles. The normalized spacial score (nSPS) is 10.9. The minimum absolute atomic E-state index is 0.118. The van der Waals surface area contributed by atoms with E-state index >= 15 is 0 Å². The van der Waals surface area contributed by atoms with Crippen LogP contribution in [0.5, 0.6) is 5.75 Å². The third-order valence-electron chi connectivity index (χ3n) is 3.37. The summed E-state index contributed by atoms with van der Waals surface area (Å²) >= 11 is 0. The van der Waals surface area contributed by atoms with Crippen molar-refractivity contribution in [3.63, 3.8) is 0 Å². The van der Waals surface area contributed by atoms with Gasteiger partial charge in [0.25, 0.3) is 5.91 Å². The summed E-state index contributed by atoms with van der Waals surface area (Å²) in [6.45, 7) is 5.23. The Bertz CT molecular complexity index is 637. The van der Waals surface area contributed by atoms with Crippen molar-refractivity contribution in [1.82, 2.24) is 5.32 Å². The Kier molecular flexibility index (Phi) is 5.78. The van der Waals surface area contributed by atoms with Gasteiger partial charge in [0, 0.05) is 13.2 Å². The van der Waals surface area contributed by atoms with Gasteiger partial charge in [-0.25, -0.2) is 0 Å². The summed E-state index contributed by atoms with van der Waals surface area (Å²) in [5, 5.41) is 4.99. The minimum Gasteiger partial charge on any atom is -0.496 e. The molecule has 4 nitrogen and oxygen atoms in total. The first-order valence-electron chi connectivity index (χ1n) is 7.58. The SMILES string of the molecule is COc1cc2ccccc2cc1C(=O)NCCCOC(C)C. The summed E-state index contributed by atoms with van der Waals surface area (Å²) in [4.78, 5) is 12.3. The molecule has 0 aromatic heterocycles. The maximum absolute atomic E-state index is 12.3. The highest BCUT2D eigenvalue weighted by Crippen LogP contribution is 2.25. The van der Waals surface area contributed by atoms with Crippen molar-refractivity contribution in [2.75, 3.05) is 20.3 Å². The van der Waals surface area contributed by atoms with E-state index in [1.54, 1.807) is 7.11 Å². The highest BCUT2D eigenvalue weighted by Gasteiger charge is 2.13. The maximum Gasteiger partial charge on any atom is 0.255 e. The van der Waals surface area contributed by atoms with Crippen molar-refractivity contribution in [3.8, 4) is 5.75 Å². The zero-order valence-electron chi connectivity index (χ0n) is 13.4. The largest absolute Gasteiger partial charge is 0.496 e. The van der Waals surface area contributed by atoms with Crippen molar-refractivity contribution < 1.29 is 14.3 Å². The molecular weight excluding hydrogens is 278 g/mol. The molecule has 0 bridgehead atoms. The van der Waals surface area contributed by atoms with Crippen LogP contribution in [-0.4, -0.2) is 32.3 Å². The van der Waals surface area contributed by atoms with Crippen molar-refractivity contribution in [2.24, 2.45) is 0 Å². The fraction of sp³-hybridized carbons (Fsp3) is 0.389. The van der Waals surface area contributed by atoms with Gasteiger partial charge in [0.15, 0.2) is 0 Å². The summed E-state index contributed by atoms with van der Waals surface area (Å²) in [6, 6.07) is 11.7. The molecule has 0 fully saturated rings. The number of methoxy groups -OCH3 is 1. The number of amides is 1. The molecule has 22 heavy (non-hydrogen) atoms. The fourth-order valence-corrected chi connectivity index (χ4v) is 2.25. The van der Waals surface area contributed by atoms with E-state index in [0.717, 1.165) is 17.2 Å². The summed E-state index contributed by atoms with van der Waals surface area (Å²) < 4.78 is 10.8. The van der Waals surface area contributed by atoms with Crippen LogP contribution in [0.1, 0.15) is 30.6 Å². The second-order valence-electron chi connectivity index (χ2n) is 5.43. The Morgan fingerprint density at radius 1 is 1.18 bits per heavy atom. The molecule has 0 heterocycles. The third kappa shape index (κ3) is 4.21. The van der Waals surface area contributed by atoms with Gasteiger partial charge in [-0.1, -0.05) is 24.3 Å². The first-order valence-corrected chi connectivity index (χ1v) is 7.58. The number of carbonyl (C=O) groups is 1. The van der Waals surface area contributed by atoms with Gasteiger partial charge in [0.05, 0.1) is 18.8 Å². The molecule has 2 aromatic carbocycles. The molecule has 0 unspecified atom stereocenters. The van der Waals surface area contributed by atoms with Crippen LogP contribution in [0.15, 0.2) is 36.4 Å². The van der Waals surface area contributed by atoms with Crippen LogP contribution in [-0.2, 0) is 4.74 Å². The van der Waals surface area contributed by atoms with E-state index in [9.17, 15) is 4.79 Å². The monoisotopic (exact) mass is 301 g/mol. The average Bonchev–Trinajstić information content (AvgIpc) is 2.52. The van der Waals surface area contributed by atoms with Gasteiger partial charge in [0.2, 0.25) is 0 Å². The summed E-state index contributed by atoms with van der Waals surface area (Å²) in [7, 11) is 1.58. The lowest BCUT2D eigenvalue weighted by Crippen LogP contribution is -2.26. The Balaban J connectivity index is 2.03. The summed E-state index contributed by atoms with van der Waals surface area (Å²) in [5.41, 5.74) is 0.561. The Labute approximate surface area is 131 Å². The molecule has 0 radical (unpaired) electrons. The number of ether oxygens (including phenoxy) is 2. The van der Waals surface area contributed by atoms with Crippen LogP contribution in [0.4, 0.5) is 0 Å². The van der Waals surface area contributed by atoms with Gasteiger partial charge >= 0.3 is 0 Å². The smallest absolute Gasteiger partial charge is 0.255 e. The number of rotatable bonds is 7. The first-order chi connectivity index (χ1) is 10.6. The van der Waals surface area contributed by atoms with Crippen LogP contribution < -0.4 is 10.1 Å². The van der Waals surface area contributed by atoms with Crippen molar-refractivity contribution in [1.29, 1.82) is 0 Å². The molecule has 1 N–H and O–H groups in total. The van der Waals surface area contributed by atoms with Crippen LogP contribution >= 0.6 is 0 Å². The van der Waals surface area contributed by atoms with Crippen LogP contribution in [0, 0.1) is 0 Å². The van der Waals surface area contributed by atoms with Crippen molar-refractivity contribution in [3.05, 3.63) is 42.0 Å². The standard InChI is InChI=1S/C18H23NO3/c1-13(2)22-10-6-9-19-18(20)16-11-14-7-4-5-8-15(14)12-17(16)21-3/h4-5,7-8,11-13H,6,9-10H2,1-3H3,(H,19,20). The Hall–Kier alpha value is -2.07. The number of carbonyl (C=O) groups excluding carboxylic acids is 1. The van der Waals surface area contributed by atoms with Gasteiger partial charge in [0.1, 0.15) is 5.75 Å². The second-order valence-corrected chi connectivity index (χ2v) is 5.43. The lowest BCUT2D eigenvalue weighted by atomic mass is 10.1. The fourth-order valence-electron chi connectivity index (χ4n) is 2.25. The predicted octanol–water partition coefficient (Wildman–Crippen LogP) is 3.39. The van der Waals surface area contributed by atoms with Crippen molar-refractivity contribution >= 4 is 16.7 Å². The molecule has 4 heteroatoms. The molecule has 0 saturated carbocycles. The molecule has 0 atom stereocenters. The van der Waals surface area contributed by atoms with E-state index in [1.165, 1.54) is 0 Å². The molecule has 0 aliphatic heterocycles. The zero-order chi connectivity index (χ0) is 15.9. The lowest BCUT2D eigenvalue weighted by molar-refractivity contribution is 0.0757.